The molecule has 1 amide bonds. The number of carbonyl (C=O) groups is 1. The molecule has 3 nitrogen and oxygen atoms in total. The summed E-state index contributed by atoms with van der Waals surface area (Å²) >= 11 is 0. The molecule has 3 heteroatoms. The Hall–Kier alpha value is -1.35. The SMILES string of the molecule is CCCCCCCCCC(=O)N(Cc1ccccc1)OCC. The lowest BCUT2D eigenvalue weighted by molar-refractivity contribution is -0.188. The Morgan fingerprint density at radius 3 is 2.23 bits per heavy atom. The number of amides is 1. The predicted molar refractivity (Wildman–Crippen MR) is 91.2 cm³/mol. The molecule has 1 aromatic rings. The molecule has 124 valence electrons. The Kier molecular flexibility index (Phi) is 10.4. The van der Waals surface area contributed by atoms with Crippen LogP contribution in [0.3, 0.4) is 0 Å². The average molecular weight is 305 g/mol. The summed E-state index contributed by atoms with van der Waals surface area (Å²) in [6, 6.07) is 10.00. The van der Waals surface area contributed by atoms with Crippen molar-refractivity contribution in [2.24, 2.45) is 0 Å². The molecule has 0 heterocycles. The maximum absolute atomic E-state index is 12.3. The first-order chi connectivity index (χ1) is 10.8. The van der Waals surface area contributed by atoms with Crippen molar-refractivity contribution in [3.8, 4) is 0 Å². The minimum Gasteiger partial charge on any atom is -0.273 e. The monoisotopic (exact) mass is 305 g/mol. The van der Waals surface area contributed by atoms with Crippen molar-refractivity contribution >= 4 is 5.91 Å². The minimum atomic E-state index is 0.0965. The van der Waals surface area contributed by atoms with Crippen LogP contribution in [-0.4, -0.2) is 17.6 Å². The zero-order chi connectivity index (χ0) is 16.0. The van der Waals surface area contributed by atoms with Gasteiger partial charge in [0.15, 0.2) is 0 Å². The van der Waals surface area contributed by atoms with Gasteiger partial charge in [0, 0.05) is 6.42 Å². The Balaban J connectivity index is 2.26. The zero-order valence-electron chi connectivity index (χ0n) is 14.2. The molecule has 0 aliphatic carbocycles. The van der Waals surface area contributed by atoms with Gasteiger partial charge in [0.1, 0.15) is 0 Å². The van der Waals surface area contributed by atoms with E-state index >= 15 is 0 Å². The first-order valence-electron chi connectivity index (χ1n) is 8.75. The molecule has 0 atom stereocenters. The summed E-state index contributed by atoms with van der Waals surface area (Å²) in [5.74, 6) is 0.0965. The second-order valence-corrected chi connectivity index (χ2v) is 5.71. The van der Waals surface area contributed by atoms with Crippen LogP contribution in [0.15, 0.2) is 30.3 Å². The number of nitrogens with zero attached hydrogens (tertiary/aromatic N) is 1. The molecule has 0 aliphatic heterocycles. The molecule has 22 heavy (non-hydrogen) atoms. The van der Waals surface area contributed by atoms with Crippen molar-refractivity contribution in [1.82, 2.24) is 5.06 Å². The molecule has 0 aliphatic rings. The number of benzene rings is 1. The van der Waals surface area contributed by atoms with E-state index in [1.165, 1.54) is 37.2 Å². The molecule has 0 bridgehead atoms. The van der Waals surface area contributed by atoms with E-state index in [9.17, 15) is 4.79 Å². The Morgan fingerprint density at radius 2 is 1.59 bits per heavy atom. The van der Waals surface area contributed by atoms with Crippen molar-refractivity contribution in [2.75, 3.05) is 6.61 Å². The summed E-state index contributed by atoms with van der Waals surface area (Å²) in [6.45, 7) is 5.20. The van der Waals surface area contributed by atoms with Crippen molar-refractivity contribution in [3.05, 3.63) is 35.9 Å². The lowest BCUT2D eigenvalue weighted by atomic mass is 10.1. The van der Waals surface area contributed by atoms with Gasteiger partial charge in [-0.1, -0.05) is 75.8 Å². The maximum atomic E-state index is 12.3. The van der Waals surface area contributed by atoms with Crippen LogP contribution in [0.5, 0.6) is 0 Å². The summed E-state index contributed by atoms with van der Waals surface area (Å²) in [6.07, 6.45) is 9.14. The van der Waals surface area contributed by atoms with Gasteiger partial charge in [0.2, 0.25) is 5.91 Å². The summed E-state index contributed by atoms with van der Waals surface area (Å²) in [5.41, 5.74) is 1.10. The molecule has 1 aromatic carbocycles. The Labute approximate surface area is 135 Å². The van der Waals surface area contributed by atoms with Crippen LogP contribution < -0.4 is 0 Å². The summed E-state index contributed by atoms with van der Waals surface area (Å²) in [4.78, 5) is 17.8. The van der Waals surface area contributed by atoms with Gasteiger partial charge in [-0.15, -0.1) is 0 Å². The molecule has 0 fully saturated rings. The van der Waals surface area contributed by atoms with Crippen LogP contribution >= 0.6 is 0 Å². The van der Waals surface area contributed by atoms with Gasteiger partial charge < -0.3 is 0 Å². The highest BCUT2D eigenvalue weighted by molar-refractivity contribution is 5.75. The number of unbranched alkanes of at least 4 members (excludes halogenated alkanes) is 6. The van der Waals surface area contributed by atoms with Gasteiger partial charge in [-0.3, -0.25) is 9.63 Å². The predicted octanol–water partition coefficient (Wildman–Crippen LogP) is 5.11. The number of carbonyl (C=O) groups excluding carboxylic acids is 1. The summed E-state index contributed by atoms with van der Waals surface area (Å²) in [5, 5.41) is 1.52. The first-order valence-corrected chi connectivity index (χ1v) is 8.75. The largest absolute Gasteiger partial charge is 0.273 e. The van der Waals surface area contributed by atoms with E-state index in [-0.39, 0.29) is 5.91 Å². The van der Waals surface area contributed by atoms with Crippen molar-refractivity contribution in [1.29, 1.82) is 0 Å². The van der Waals surface area contributed by atoms with Gasteiger partial charge in [-0.2, -0.15) is 0 Å². The molecule has 0 spiro atoms. The van der Waals surface area contributed by atoms with Crippen LogP contribution in [0.4, 0.5) is 0 Å². The van der Waals surface area contributed by atoms with Crippen LogP contribution in [0, 0.1) is 0 Å². The minimum absolute atomic E-state index is 0.0965. The van der Waals surface area contributed by atoms with E-state index in [2.05, 4.69) is 6.92 Å². The normalized spacial score (nSPS) is 10.6. The molecule has 0 radical (unpaired) electrons. The molecule has 0 unspecified atom stereocenters. The molecular formula is C19H31NO2. The van der Waals surface area contributed by atoms with Crippen LogP contribution in [0.2, 0.25) is 0 Å². The van der Waals surface area contributed by atoms with E-state index in [0.717, 1.165) is 18.4 Å². The fraction of sp³-hybridized carbons (Fsp3) is 0.632. The number of hydroxylamine groups is 2. The lowest BCUT2D eigenvalue weighted by Gasteiger charge is -2.21. The second-order valence-electron chi connectivity index (χ2n) is 5.71. The highest BCUT2D eigenvalue weighted by atomic mass is 16.7. The van der Waals surface area contributed by atoms with Crippen molar-refractivity contribution < 1.29 is 9.63 Å². The van der Waals surface area contributed by atoms with E-state index in [1.54, 1.807) is 0 Å². The Bertz CT molecular complexity index is 392. The highest BCUT2D eigenvalue weighted by Gasteiger charge is 2.13. The van der Waals surface area contributed by atoms with Gasteiger partial charge in [0.25, 0.3) is 0 Å². The third-order valence-corrected chi connectivity index (χ3v) is 3.73. The molecule has 1 rings (SSSR count). The lowest BCUT2D eigenvalue weighted by Crippen LogP contribution is -2.30. The fourth-order valence-electron chi connectivity index (χ4n) is 2.47. The Morgan fingerprint density at radius 1 is 0.955 bits per heavy atom. The molecular weight excluding hydrogens is 274 g/mol. The fourth-order valence-corrected chi connectivity index (χ4v) is 2.47. The summed E-state index contributed by atoms with van der Waals surface area (Å²) < 4.78 is 0. The maximum Gasteiger partial charge on any atom is 0.246 e. The van der Waals surface area contributed by atoms with E-state index in [0.29, 0.717) is 19.6 Å². The third-order valence-electron chi connectivity index (χ3n) is 3.73. The van der Waals surface area contributed by atoms with Crippen molar-refractivity contribution in [2.45, 2.75) is 71.8 Å². The van der Waals surface area contributed by atoms with Crippen LogP contribution in [0.25, 0.3) is 0 Å². The first kappa shape index (κ1) is 18.7. The van der Waals surface area contributed by atoms with Gasteiger partial charge in [0.05, 0.1) is 13.2 Å². The quantitative estimate of drug-likeness (QED) is 0.397. The summed E-state index contributed by atoms with van der Waals surface area (Å²) in [7, 11) is 0. The van der Waals surface area contributed by atoms with E-state index in [1.807, 2.05) is 37.3 Å². The number of rotatable bonds is 12. The average Bonchev–Trinajstić information content (AvgIpc) is 2.54. The standard InChI is InChI=1S/C19H31NO2/c1-3-5-6-7-8-9-13-16-19(21)20(22-4-2)17-18-14-11-10-12-15-18/h10-12,14-15H,3-9,13,16-17H2,1-2H3. The topological polar surface area (TPSA) is 29.5 Å². The zero-order valence-corrected chi connectivity index (χ0v) is 14.2. The second kappa shape index (κ2) is 12.2. The number of hydrogen-bond donors (Lipinski definition) is 0. The molecule has 0 saturated heterocycles. The van der Waals surface area contributed by atoms with Crippen LogP contribution in [0.1, 0.15) is 70.8 Å². The van der Waals surface area contributed by atoms with E-state index in [4.69, 9.17) is 4.84 Å². The number of hydrogen-bond acceptors (Lipinski definition) is 2. The molecule has 0 aromatic heterocycles. The van der Waals surface area contributed by atoms with Gasteiger partial charge in [-0.05, 0) is 18.9 Å². The molecule has 0 N–H and O–H groups in total. The van der Waals surface area contributed by atoms with Crippen LogP contribution in [-0.2, 0) is 16.2 Å². The van der Waals surface area contributed by atoms with E-state index < -0.39 is 0 Å². The highest BCUT2D eigenvalue weighted by Crippen LogP contribution is 2.12. The smallest absolute Gasteiger partial charge is 0.246 e. The molecule has 0 saturated carbocycles. The van der Waals surface area contributed by atoms with Gasteiger partial charge in [-0.25, -0.2) is 5.06 Å². The third kappa shape index (κ3) is 8.18. The van der Waals surface area contributed by atoms with Gasteiger partial charge >= 0.3 is 0 Å². The van der Waals surface area contributed by atoms with Crippen molar-refractivity contribution in [3.63, 3.8) is 0 Å².